The van der Waals surface area contributed by atoms with Gasteiger partial charge in [0.25, 0.3) is 0 Å². The van der Waals surface area contributed by atoms with Crippen molar-refractivity contribution in [1.82, 2.24) is 14.8 Å². The zero-order chi connectivity index (χ0) is 26.4. The smallest absolute Gasteiger partial charge is 0.341 e. The highest BCUT2D eigenvalue weighted by Gasteiger charge is 2.23. The van der Waals surface area contributed by atoms with Crippen LogP contribution in [0.25, 0.3) is 22.5 Å². The monoisotopic (exact) mass is 554 g/mol. The number of amides is 1. The number of carbonyl (C=O) groups excluding carboxylic acids is 2. The van der Waals surface area contributed by atoms with E-state index in [4.69, 9.17) is 21.1 Å². The molecule has 0 bridgehead atoms. The van der Waals surface area contributed by atoms with Crippen LogP contribution in [-0.4, -0.2) is 46.6 Å². The predicted octanol–water partition coefficient (Wildman–Crippen LogP) is 6.04. The molecule has 11 heteroatoms. The van der Waals surface area contributed by atoms with Crippen LogP contribution in [0.1, 0.15) is 10.4 Å². The molecule has 0 unspecified atom stereocenters. The molecule has 0 saturated heterocycles. The van der Waals surface area contributed by atoms with Crippen LogP contribution in [0.5, 0.6) is 5.75 Å². The summed E-state index contributed by atoms with van der Waals surface area (Å²) >= 11 is 8.48. The molecule has 4 aromatic rings. The molecular weight excluding hydrogens is 532 g/mol. The van der Waals surface area contributed by atoms with Crippen molar-refractivity contribution in [2.24, 2.45) is 0 Å². The molecule has 1 amide bonds. The molecule has 2 aromatic carbocycles. The van der Waals surface area contributed by atoms with Crippen LogP contribution in [0.15, 0.2) is 71.7 Å². The molecular formula is C26H23ClN4O4S2. The van der Waals surface area contributed by atoms with Crippen LogP contribution in [0, 0.1) is 0 Å². The number of nitrogens with zero attached hydrogens (tertiary/aromatic N) is 3. The maximum atomic E-state index is 12.9. The molecule has 0 aliphatic rings. The first-order valence-electron chi connectivity index (χ1n) is 11.0. The number of nitrogens with one attached hydrogen (secondary N) is 1. The maximum Gasteiger partial charge on any atom is 0.341 e. The van der Waals surface area contributed by atoms with Gasteiger partial charge in [-0.2, -0.15) is 0 Å². The van der Waals surface area contributed by atoms with E-state index in [0.29, 0.717) is 44.4 Å². The molecule has 0 spiro atoms. The highest BCUT2D eigenvalue weighted by Crippen LogP contribution is 2.37. The first-order chi connectivity index (χ1) is 18.0. The van der Waals surface area contributed by atoms with Gasteiger partial charge in [0.15, 0.2) is 11.0 Å². The normalized spacial score (nSPS) is 10.7. The number of methoxy groups -OCH3 is 2. The Morgan fingerprint density at radius 1 is 1.14 bits per heavy atom. The fourth-order valence-corrected chi connectivity index (χ4v) is 5.45. The lowest BCUT2D eigenvalue weighted by Gasteiger charge is -2.11. The number of hydrogen-bond acceptors (Lipinski definition) is 8. The topological polar surface area (TPSA) is 95.3 Å². The number of halogens is 1. The highest BCUT2D eigenvalue weighted by molar-refractivity contribution is 7.99. The summed E-state index contributed by atoms with van der Waals surface area (Å²) < 4.78 is 12.3. The Morgan fingerprint density at radius 2 is 1.89 bits per heavy atom. The van der Waals surface area contributed by atoms with E-state index in [1.807, 2.05) is 41.0 Å². The van der Waals surface area contributed by atoms with Crippen LogP contribution in [-0.2, 0) is 16.1 Å². The van der Waals surface area contributed by atoms with Gasteiger partial charge in [0.05, 0.1) is 25.5 Å². The number of thiophene rings is 1. The zero-order valence-corrected chi connectivity index (χ0v) is 22.5. The molecule has 37 heavy (non-hydrogen) atoms. The number of esters is 1. The van der Waals surface area contributed by atoms with Crippen LogP contribution >= 0.6 is 34.7 Å². The summed E-state index contributed by atoms with van der Waals surface area (Å²) in [5.74, 6) is 0.488. The van der Waals surface area contributed by atoms with E-state index in [9.17, 15) is 9.59 Å². The summed E-state index contributed by atoms with van der Waals surface area (Å²) in [5, 5.41) is 14.8. The summed E-state index contributed by atoms with van der Waals surface area (Å²) in [6.45, 7) is 4.28. The molecule has 0 saturated carbocycles. The summed E-state index contributed by atoms with van der Waals surface area (Å²) in [6.07, 6.45) is 1.74. The number of anilines is 1. The Balaban J connectivity index is 1.53. The predicted molar refractivity (Wildman–Crippen MR) is 148 cm³/mol. The van der Waals surface area contributed by atoms with Crippen molar-refractivity contribution < 1.29 is 19.1 Å². The minimum absolute atomic E-state index is 0.0516. The van der Waals surface area contributed by atoms with E-state index in [2.05, 4.69) is 22.1 Å². The summed E-state index contributed by atoms with van der Waals surface area (Å²) in [4.78, 5) is 25.5. The van der Waals surface area contributed by atoms with E-state index >= 15 is 0 Å². The third-order valence-electron chi connectivity index (χ3n) is 5.30. The average molecular weight is 555 g/mol. The van der Waals surface area contributed by atoms with Crippen molar-refractivity contribution in [3.63, 3.8) is 0 Å². The lowest BCUT2D eigenvalue weighted by atomic mass is 10.0. The number of allylic oxidation sites excluding steroid dienone is 1. The number of hydrogen-bond donors (Lipinski definition) is 1. The van der Waals surface area contributed by atoms with Gasteiger partial charge >= 0.3 is 5.97 Å². The minimum Gasteiger partial charge on any atom is -0.496 e. The van der Waals surface area contributed by atoms with Crippen molar-refractivity contribution in [2.45, 2.75) is 11.7 Å². The van der Waals surface area contributed by atoms with Gasteiger partial charge < -0.3 is 14.8 Å². The number of para-hydroxylation sites is 1. The van der Waals surface area contributed by atoms with Crippen molar-refractivity contribution in [2.75, 3.05) is 25.3 Å². The van der Waals surface area contributed by atoms with E-state index in [0.717, 1.165) is 11.1 Å². The van der Waals surface area contributed by atoms with Gasteiger partial charge in [0, 0.05) is 22.5 Å². The molecule has 0 fully saturated rings. The van der Waals surface area contributed by atoms with Gasteiger partial charge in [-0.1, -0.05) is 53.7 Å². The minimum atomic E-state index is -0.540. The molecule has 2 aromatic heterocycles. The van der Waals surface area contributed by atoms with Crippen LogP contribution in [0.2, 0.25) is 5.02 Å². The fourth-order valence-electron chi connectivity index (χ4n) is 3.61. The Hall–Kier alpha value is -3.60. The van der Waals surface area contributed by atoms with Gasteiger partial charge in [-0.3, -0.25) is 9.36 Å². The number of aromatic nitrogens is 3. The van der Waals surface area contributed by atoms with Gasteiger partial charge in [-0.05, 0) is 29.8 Å². The van der Waals surface area contributed by atoms with E-state index in [1.165, 1.54) is 30.2 Å². The Bertz CT molecular complexity index is 1430. The largest absolute Gasteiger partial charge is 0.496 e. The number of benzene rings is 2. The fraction of sp³-hybridized carbons (Fsp3) is 0.154. The Kier molecular flexibility index (Phi) is 8.65. The molecule has 1 N–H and O–H groups in total. The van der Waals surface area contributed by atoms with Crippen molar-refractivity contribution in [1.29, 1.82) is 0 Å². The van der Waals surface area contributed by atoms with Gasteiger partial charge in [-0.25, -0.2) is 4.79 Å². The number of ether oxygens (including phenoxy) is 2. The standard InChI is InChI=1S/C26H23ClN4O4S2/c1-4-13-31-23(18-7-5-6-8-20(18)34-2)29-30-26(31)37-15-21(32)28-24-22(25(33)35-3)19(14-36-24)16-9-11-17(27)12-10-16/h4-12,14H,1,13,15H2,2-3H3,(H,28,32). The van der Waals surface area contributed by atoms with Crippen LogP contribution in [0.3, 0.4) is 0 Å². The quantitative estimate of drug-likeness (QED) is 0.145. The van der Waals surface area contributed by atoms with E-state index in [1.54, 1.807) is 30.7 Å². The molecule has 2 heterocycles. The van der Waals surface area contributed by atoms with Crippen molar-refractivity contribution >= 4 is 51.6 Å². The third kappa shape index (κ3) is 5.87. The molecule has 8 nitrogen and oxygen atoms in total. The van der Waals surface area contributed by atoms with Gasteiger partial charge in [-0.15, -0.1) is 28.1 Å². The average Bonchev–Trinajstić information content (AvgIpc) is 3.51. The maximum absolute atomic E-state index is 12.9. The van der Waals surface area contributed by atoms with Gasteiger partial charge in [0.1, 0.15) is 16.3 Å². The summed E-state index contributed by atoms with van der Waals surface area (Å²) in [7, 11) is 2.90. The first-order valence-corrected chi connectivity index (χ1v) is 13.3. The van der Waals surface area contributed by atoms with Crippen molar-refractivity contribution in [3.05, 3.63) is 77.2 Å². The van der Waals surface area contributed by atoms with E-state index < -0.39 is 5.97 Å². The summed E-state index contributed by atoms with van der Waals surface area (Å²) in [6, 6.07) is 14.6. The first kappa shape index (κ1) is 26.5. The van der Waals surface area contributed by atoms with Crippen LogP contribution < -0.4 is 10.1 Å². The lowest BCUT2D eigenvalue weighted by Crippen LogP contribution is -2.16. The number of rotatable bonds is 10. The van der Waals surface area contributed by atoms with E-state index in [-0.39, 0.29) is 11.7 Å². The second-order valence-corrected chi connectivity index (χ2v) is 9.85. The Morgan fingerprint density at radius 3 is 2.59 bits per heavy atom. The summed E-state index contributed by atoms with van der Waals surface area (Å²) in [5.41, 5.74) is 2.52. The molecule has 4 rings (SSSR count). The Labute approximate surface area is 227 Å². The third-order valence-corrected chi connectivity index (χ3v) is 7.41. The molecule has 0 aliphatic heterocycles. The molecule has 0 atom stereocenters. The molecule has 190 valence electrons. The second-order valence-electron chi connectivity index (χ2n) is 7.59. The van der Waals surface area contributed by atoms with Crippen LogP contribution in [0.4, 0.5) is 5.00 Å². The molecule has 0 radical (unpaired) electrons. The number of thioether (sulfide) groups is 1. The zero-order valence-electron chi connectivity index (χ0n) is 20.1. The lowest BCUT2D eigenvalue weighted by molar-refractivity contribution is -0.113. The second kappa shape index (κ2) is 12.1. The SMILES string of the molecule is C=CCn1c(SCC(=O)Nc2scc(-c3ccc(Cl)cc3)c2C(=O)OC)nnc1-c1ccccc1OC. The number of carbonyl (C=O) groups is 2. The van der Waals surface area contributed by atoms with Gasteiger partial charge in [0.2, 0.25) is 5.91 Å². The molecule has 0 aliphatic carbocycles. The highest BCUT2D eigenvalue weighted by atomic mass is 35.5. The van der Waals surface area contributed by atoms with Crippen molar-refractivity contribution in [3.8, 4) is 28.3 Å².